The van der Waals surface area contributed by atoms with Crippen molar-refractivity contribution in [1.82, 2.24) is 9.97 Å². The molecule has 1 rings (SSSR count). The Bertz CT molecular complexity index is 365. The fourth-order valence-electron chi connectivity index (χ4n) is 0.977. The van der Waals surface area contributed by atoms with Gasteiger partial charge in [0.1, 0.15) is 0 Å². The topological polar surface area (TPSA) is 64.1 Å². The highest BCUT2D eigenvalue weighted by molar-refractivity contribution is 5.90. The second-order valence-corrected chi connectivity index (χ2v) is 4.05. The van der Waals surface area contributed by atoms with E-state index < -0.39 is 0 Å². The van der Waals surface area contributed by atoms with Crippen molar-refractivity contribution in [3.8, 4) is 5.88 Å². The van der Waals surface area contributed by atoms with Crippen molar-refractivity contribution in [2.24, 2.45) is 5.92 Å². The van der Waals surface area contributed by atoms with Crippen molar-refractivity contribution in [2.45, 2.75) is 47.6 Å². The molecule has 5 heteroatoms. The van der Waals surface area contributed by atoms with E-state index >= 15 is 0 Å². The third-order valence-corrected chi connectivity index (χ3v) is 1.74. The Morgan fingerprint density at radius 2 is 1.83 bits per heavy atom. The number of rotatable bonds is 4. The molecule has 102 valence electrons. The molecule has 0 saturated carbocycles. The maximum Gasteiger partial charge on any atom is 0.234 e. The van der Waals surface area contributed by atoms with Gasteiger partial charge in [0, 0.05) is 5.92 Å². The highest BCUT2D eigenvalue weighted by atomic mass is 16.5. The molecule has 0 fully saturated rings. The van der Waals surface area contributed by atoms with Crippen molar-refractivity contribution in [2.75, 3.05) is 5.32 Å². The molecule has 1 heterocycles. The maximum absolute atomic E-state index is 11.4. The molecule has 0 aliphatic rings. The van der Waals surface area contributed by atoms with Gasteiger partial charge in [0.15, 0.2) is 5.82 Å². The highest BCUT2D eigenvalue weighted by Crippen LogP contribution is 2.11. The normalized spacial score (nSPS) is 9.78. The van der Waals surface area contributed by atoms with Gasteiger partial charge in [0.25, 0.3) is 0 Å². The molecule has 0 radical (unpaired) electrons. The number of carbonyl (C=O) groups excluding carboxylic acids is 1. The first kappa shape index (κ1) is 16.4. The standard InChI is InChI=1S/C11H17N3O2.C2H6/c1-7(2)11(15)14-9-5-12-6-10(13-9)16-8(3)4;1-2/h5-8H,1-4H3,(H,13,14,15);1-2H3. The van der Waals surface area contributed by atoms with Crippen molar-refractivity contribution >= 4 is 11.7 Å². The lowest BCUT2D eigenvalue weighted by Gasteiger charge is -2.10. The van der Waals surface area contributed by atoms with Crippen LogP contribution in [0.2, 0.25) is 0 Å². The SMILES string of the molecule is CC.CC(C)Oc1cncc(NC(=O)C(C)C)n1. The predicted molar refractivity (Wildman–Crippen MR) is 72.6 cm³/mol. The zero-order valence-corrected chi connectivity index (χ0v) is 12.0. The van der Waals surface area contributed by atoms with Gasteiger partial charge >= 0.3 is 0 Å². The van der Waals surface area contributed by atoms with Crippen LogP contribution in [0.1, 0.15) is 41.5 Å². The van der Waals surface area contributed by atoms with Crippen LogP contribution in [0.15, 0.2) is 12.4 Å². The van der Waals surface area contributed by atoms with Gasteiger partial charge in [-0.25, -0.2) is 0 Å². The number of nitrogens with zero attached hydrogens (tertiary/aromatic N) is 2. The average Bonchev–Trinajstić information content (AvgIpc) is 2.31. The van der Waals surface area contributed by atoms with Crippen LogP contribution < -0.4 is 10.1 Å². The number of amides is 1. The van der Waals surface area contributed by atoms with Gasteiger partial charge in [0.2, 0.25) is 11.8 Å². The van der Waals surface area contributed by atoms with Crippen molar-refractivity contribution in [3.63, 3.8) is 0 Å². The fourth-order valence-corrected chi connectivity index (χ4v) is 0.977. The Labute approximate surface area is 109 Å². The van der Waals surface area contributed by atoms with E-state index in [9.17, 15) is 4.79 Å². The molecule has 0 atom stereocenters. The summed E-state index contributed by atoms with van der Waals surface area (Å²) in [5.41, 5.74) is 0. The lowest BCUT2D eigenvalue weighted by atomic mass is 10.2. The number of carbonyl (C=O) groups is 1. The minimum absolute atomic E-state index is 0.0327. The molecule has 5 nitrogen and oxygen atoms in total. The van der Waals surface area contributed by atoms with Gasteiger partial charge in [-0.2, -0.15) is 4.98 Å². The molecule has 0 aliphatic carbocycles. The first-order chi connectivity index (χ1) is 8.49. The quantitative estimate of drug-likeness (QED) is 0.896. The summed E-state index contributed by atoms with van der Waals surface area (Å²) < 4.78 is 5.37. The van der Waals surface area contributed by atoms with Gasteiger partial charge in [-0.05, 0) is 13.8 Å². The summed E-state index contributed by atoms with van der Waals surface area (Å²) in [6.07, 6.45) is 3.05. The van der Waals surface area contributed by atoms with Gasteiger partial charge in [-0.1, -0.05) is 27.7 Å². The molecule has 0 aromatic carbocycles. The Balaban J connectivity index is 0.00000137. The number of aromatic nitrogens is 2. The molecule has 0 aliphatic heterocycles. The van der Waals surface area contributed by atoms with Crippen LogP contribution in [0.4, 0.5) is 5.82 Å². The van der Waals surface area contributed by atoms with E-state index in [1.165, 1.54) is 12.4 Å². The van der Waals surface area contributed by atoms with Crippen molar-refractivity contribution in [1.29, 1.82) is 0 Å². The molecule has 0 spiro atoms. The number of anilines is 1. The Morgan fingerprint density at radius 1 is 1.22 bits per heavy atom. The maximum atomic E-state index is 11.4. The Hall–Kier alpha value is -1.65. The van der Waals surface area contributed by atoms with Gasteiger partial charge < -0.3 is 10.1 Å². The van der Waals surface area contributed by atoms with Crippen LogP contribution >= 0.6 is 0 Å². The summed E-state index contributed by atoms with van der Waals surface area (Å²) >= 11 is 0. The molecule has 1 amide bonds. The van der Waals surface area contributed by atoms with Crippen molar-refractivity contribution < 1.29 is 9.53 Å². The minimum Gasteiger partial charge on any atom is -0.474 e. The molecule has 0 unspecified atom stereocenters. The Kier molecular flexibility index (Phi) is 7.67. The summed E-state index contributed by atoms with van der Waals surface area (Å²) in [6.45, 7) is 11.4. The van der Waals surface area contributed by atoms with Crippen LogP contribution in [0.3, 0.4) is 0 Å². The zero-order valence-electron chi connectivity index (χ0n) is 12.0. The lowest BCUT2D eigenvalue weighted by Crippen LogP contribution is -2.19. The van der Waals surface area contributed by atoms with E-state index in [1.54, 1.807) is 0 Å². The average molecular weight is 253 g/mol. The van der Waals surface area contributed by atoms with Crippen molar-refractivity contribution in [3.05, 3.63) is 12.4 Å². The monoisotopic (exact) mass is 253 g/mol. The molecule has 0 saturated heterocycles. The van der Waals surface area contributed by atoms with Crippen LogP contribution in [0.25, 0.3) is 0 Å². The van der Waals surface area contributed by atoms with E-state index in [-0.39, 0.29) is 17.9 Å². The summed E-state index contributed by atoms with van der Waals surface area (Å²) in [5.74, 6) is 0.654. The van der Waals surface area contributed by atoms with E-state index in [4.69, 9.17) is 4.74 Å². The zero-order chi connectivity index (χ0) is 14.1. The van der Waals surface area contributed by atoms with Gasteiger partial charge in [-0.3, -0.25) is 9.78 Å². The summed E-state index contributed by atoms with van der Waals surface area (Å²) in [6, 6.07) is 0. The second kappa shape index (κ2) is 8.44. The van der Waals surface area contributed by atoms with Crippen LogP contribution in [0, 0.1) is 5.92 Å². The Morgan fingerprint density at radius 3 is 2.33 bits per heavy atom. The van der Waals surface area contributed by atoms with Gasteiger partial charge in [0.05, 0.1) is 18.5 Å². The first-order valence-electron chi connectivity index (χ1n) is 6.28. The van der Waals surface area contributed by atoms with Crippen LogP contribution in [0.5, 0.6) is 5.88 Å². The van der Waals surface area contributed by atoms with E-state index in [2.05, 4.69) is 15.3 Å². The van der Waals surface area contributed by atoms with E-state index in [0.29, 0.717) is 11.7 Å². The molecular weight excluding hydrogens is 230 g/mol. The number of nitrogens with one attached hydrogen (secondary N) is 1. The largest absolute Gasteiger partial charge is 0.474 e. The summed E-state index contributed by atoms with van der Waals surface area (Å²) in [4.78, 5) is 19.5. The van der Waals surface area contributed by atoms with Crippen LogP contribution in [-0.2, 0) is 4.79 Å². The lowest BCUT2D eigenvalue weighted by molar-refractivity contribution is -0.118. The first-order valence-corrected chi connectivity index (χ1v) is 6.28. The number of ether oxygens (including phenoxy) is 1. The molecule has 18 heavy (non-hydrogen) atoms. The molecule has 0 bridgehead atoms. The molecular formula is C13H23N3O2. The van der Waals surface area contributed by atoms with Crippen LogP contribution in [-0.4, -0.2) is 22.0 Å². The van der Waals surface area contributed by atoms with E-state index in [0.717, 1.165) is 0 Å². The summed E-state index contributed by atoms with van der Waals surface area (Å²) in [5, 5.41) is 2.66. The molecule has 1 aromatic heterocycles. The van der Waals surface area contributed by atoms with E-state index in [1.807, 2.05) is 41.5 Å². The smallest absolute Gasteiger partial charge is 0.234 e. The number of hydrogen-bond acceptors (Lipinski definition) is 4. The third-order valence-electron chi connectivity index (χ3n) is 1.74. The molecule has 1 N–H and O–H groups in total. The minimum atomic E-state index is -0.0870. The van der Waals surface area contributed by atoms with Gasteiger partial charge in [-0.15, -0.1) is 0 Å². The fraction of sp³-hybridized carbons (Fsp3) is 0.615. The second-order valence-electron chi connectivity index (χ2n) is 4.05. The number of hydrogen-bond donors (Lipinski definition) is 1. The molecule has 1 aromatic rings. The predicted octanol–water partition coefficient (Wildman–Crippen LogP) is 2.88. The summed E-state index contributed by atoms with van der Waals surface area (Å²) in [7, 11) is 0. The third kappa shape index (κ3) is 6.18. The highest BCUT2D eigenvalue weighted by Gasteiger charge is 2.09.